The lowest BCUT2D eigenvalue weighted by molar-refractivity contribution is 0.289. The second kappa shape index (κ2) is 8.44. The van der Waals surface area contributed by atoms with Gasteiger partial charge in [-0.2, -0.15) is 15.2 Å². The molecule has 0 radical (unpaired) electrons. The number of anilines is 3. The van der Waals surface area contributed by atoms with Crippen molar-refractivity contribution < 1.29 is 9.47 Å². The van der Waals surface area contributed by atoms with Crippen molar-refractivity contribution in [1.29, 1.82) is 5.26 Å². The van der Waals surface area contributed by atoms with Crippen LogP contribution in [0.4, 0.5) is 17.3 Å². The molecule has 0 aliphatic heterocycles. The average molecular weight is 347 g/mol. The minimum Gasteiger partial charge on any atom is -0.464 e. The van der Waals surface area contributed by atoms with Crippen LogP contribution in [0.3, 0.4) is 0 Å². The van der Waals surface area contributed by atoms with Crippen LogP contribution in [0.1, 0.15) is 6.92 Å². The molecule has 0 unspecified atom stereocenters. The van der Waals surface area contributed by atoms with Crippen LogP contribution in [0, 0.1) is 11.3 Å². The van der Waals surface area contributed by atoms with Crippen molar-refractivity contribution in [1.82, 2.24) is 15.0 Å². The lowest BCUT2D eigenvalue weighted by Crippen LogP contribution is -2.15. The fraction of sp³-hybridized carbons (Fsp3) is 0.158. The van der Waals surface area contributed by atoms with Gasteiger partial charge >= 0.3 is 12.0 Å². The highest BCUT2D eigenvalue weighted by Gasteiger charge is 2.18. The van der Waals surface area contributed by atoms with Gasteiger partial charge in [-0.3, -0.25) is 4.90 Å². The first-order valence-electron chi connectivity index (χ1n) is 8.10. The SMILES string of the molecule is CCOc1nc(OCC#N)nc(N(c2ccccc2)c2ccccc2)n1. The Labute approximate surface area is 151 Å². The summed E-state index contributed by atoms with van der Waals surface area (Å²) in [6.07, 6.45) is 0. The van der Waals surface area contributed by atoms with Gasteiger partial charge in [-0.15, -0.1) is 4.98 Å². The number of nitrogens with zero attached hydrogens (tertiary/aromatic N) is 5. The molecule has 0 saturated heterocycles. The van der Waals surface area contributed by atoms with Crippen LogP contribution < -0.4 is 14.4 Å². The van der Waals surface area contributed by atoms with Crippen LogP contribution in [-0.4, -0.2) is 28.2 Å². The third kappa shape index (κ3) is 4.05. The van der Waals surface area contributed by atoms with Crippen molar-refractivity contribution in [2.75, 3.05) is 18.1 Å². The van der Waals surface area contributed by atoms with Crippen molar-refractivity contribution in [3.63, 3.8) is 0 Å². The maximum atomic E-state index is 8.75. The van der Waals surface area contributed by atoms with Crippen molar-refractivity contribution in [2.45, 2.75) is 6.92 Å². The zero-order chi connectivity index (χ0) is 18.2. The summed E-state index contributed by atoms with van der Waals surface area (Å²) in [5.41, 5.74) is 1.75. The summed E-state index contributed by atoms with van der Waals surface area (Å²) < 4.78 is 10.7. The van der Waals surface area contributed by atoms with Gasteiger partial charge in [-0.1, -0.05) is 36.4 Å². The highest BCUT2D eigenvalue weighted by Crippen LogP contribution is 2.32. The van der Waals surface area contributed by atoms with Gasteiger partial charge in [0, 0.05) is 11.4 Å². The molecule has 26 heavy (non-hydrogen) atoms. The van der Waals surface area contributed by atoms with E-state index in [0.717, 1.165) is 11.4 Å². The summed E-state index contributed by atoms with van der Waals surface area (Å²) in [6.45, 7) is 2.08. The summed E-state index contributed by atoms with van der Waals surface area (Å²) in [5.74, 6) is 0.341. The second-order valence-corrected chi connectivity index (χ2v) is 5.09. The van der Waals surface area contributed by atoms with Crippen LogP contribution in [0.2, 0.25) is 0 Å². The molecular formula is C19H17N5O2. The Morgan fingerprint density at radius 1 is 0.846 bits per heavy atom. The Morgan fingerprint density at radius 2 is 1.38 bits per heavy atom. The maximum absolute atomic E-state index is 8.75. The molecule has 0 N–H and O–H groups in total. The summed E-state index contributed by atoms with van der Waals surface area (Å²) in [7, 11) is 0. The molecule has 0 spiro atoms. The number of rotatable bonds is 7. The molecule has 0 amide bonds. The lowest BCUT2D eigenvalue weighted by atomic mass is 10.2. The van der Waals surface area contributed by atoms with E-state index in [0.29, 0.717) is 12.6 Å². The normalized spacial score (nSPS) is 10.0. The van der Waals surface area contributed by atoms with Crippen molar-refractivity contribution in [3.05, 3.63) is 60.7 Å². The minimum absolute atomic E-state index is 0.0388. The van der Waals surface area contributed by atoms with Crippen LogP contribution in [0.15, 0.2) is 60.7 Å². The molecule has 0 bridgehead atoms. The molecule has 7 nitrogen and oxygen atoms in total. The minimum atomic E-state index is -0.161. The van der Waals surface area contributed by atoms with E-state index in [1.807, 2.05) is 78.6 Å². The molecule has 3 aromatic rings. The number of para-hydroxylation sites is 2. The van der Waals surface area contributed by atoms with Crippen LogP contribution in [0.25, 0.3) is 0 Å². The monoisotopic (exact) mass is 347 g/mol. The van der Waals surface area contributed by atoms with Gasteiger partial charge in [0.15, 0.2) is 6.61 Å². The van der Waals surface area contributed by atoms with Gasteiger partial charge < -0.3 is 9.47 Å². The topological polar surface area (TPSA) is 84.2 Å². The molecule has 2 aromatic carbocycles. The van der Waals surface area contributed by atoms with E-state index in [2.05, 4.69) is 15.0 Å². The maximum Gasteiger partial charge on any atom is 0.325 e. The number of hydrogen-bond donors (Lipinski definition) is 0. The molecule has 1 heterocycles. The Morgan fingerprint density at radius 3 is 1.88 bits per heavy atom. The van der Waals surface area contributed by atoms with Gasteiger partial charge in [0.2, 0.25) is 5.95 Å². The largest absolute Gasteiger partial charge is 0.464 e. The van der Waals surface area contributed by atoms with E-state index in [-0.39, 0.29) is 18.6 Å². The molecule has 0 aliphatic carbocycles. The predicted octanol–water partition coefficient (Wildman–Crippen LogP) is 3.64. The first kappa shape index (κ1) is 17.2. The zero-order valence-electron chi connectivity index (χ0n) is 14.2. The van der Waals surface area contributed by atoms with Crippen LogP contribution in [-0.2, 0) is 0 Å². The third-order valence-corrected chi connectivity index (χ3v) is 3.35. The molecule has 0 saturated carbocycles. The lowest BCUT2D eigenvalue weighted by Gasteiger charge is -2.23. The molecule has 0 aliphatic rings. The average Bonchev–Trinajstić information content (AvgIpc) is 2.68. The highest BCUT2D eigenvalue weighted by molar-refractivity contribution is 5.72. The molecule has 130 valence electrons. The third-order valence-electron chi connectivity index (χ3n) is 3.35. The van der Waals surface area contributed by atoms with Crippen LogP contribution >= 0.6 is 0 Å². The Kier molecular flexibility index (Phi) is 5.58. The van der Waals surface area contributed by atoms with E-state index < -0.39 is 0 Å². The molecule has 0 fully saturated rings. The smallest absolute Gasteiger partial charge is 0.325 e. The summed E-state index contributed by atoms with van der Waals surface area (Å²) in [4.78, 5) is 14.7. The van der Waals surface area contributed by atoms with Gasteiger partial charge in [-0.05, 0) is 31.2 Å². The summed E-state index contributed by atoms with van der Waals surface area (Å²) >= 11 is 0. The van der Waals surface area contributed by atoms with Gasteiger partial charge in [0.1, 0.15) is 6.07 Å². The number of benzene rings is 2. The second-order valence-electron chi connectivity index (χ2n) is 5.09. The molecule has 7 heteroatoms. The van der Waals surface area contributed by atoms with Gasteiger partial charge in [-0.25, -0.2) is 0 Å². The summed E-state index contributed by atoms with van der Waals surface area (Å²) in [6, 6.07) is 21.5. The Bertz CT molecular complexity index is 842. The van der Waals surface area contributed by atoms with Crippen molar-refractivity contribution in [2.24, 2.45) is 0 Å². The number of aromatic nitrogens is 3. The first-order valence-corrected chi connectivity index (χ1v) is 8.10. The van der Waals surface area contributed by atoms with E-state index in [4.69, 9.17) is 14.7 Å². The molecule has 3 rings (SSSR count). The number of ether oxygens (including phenoxy) is 2. The standard InChI is InChI=1S/C19H17N5O2/c1-2-25-18-21-17(22-19(23-18)26-14-13-20)24(15-9-5-3-6-10-15)16-11-7-4-8-12-16/h3-12H,2,14H2,1H3. The number of hydrogen-bond acceptors (Lipinski definition) is 7. The molecule has 1 aromatic heterocycles. The highest BCUT2D eigenvalue weighted by atomic mass is 16.5. The molecule has 0 atom stereocenters. The van der Waals surface area contributed by atoms with E-state index in [1.165, 1.54) is 0 Å². The van der Waals surface area contributed by atoms with E-state index in [9.17, 15) is 0 Å². The molecular weight excluding hydrogens is 330 g/mol. The number of nitriles is 1. The summed E-state index contributed by atoms with van der Waals surface area (Å²) in [5, 5.41) is 8.75. The van der Waals surface area contributed by atoms with Gasteiger partial charge in [0.05, 0.1) is 6.61 Å². The fourth-order valence-corrected chi connectivity index (χ4v) is 2.32. The predicted molar refractivity (Wildman–Crippen MR) is 96.8 cm³/mol. The van der Waals surface area contributed by atoms with E-state index >= 15 is 0 Å². The first-order chi connectivity index (χ1) is 12.8. The van der Waals surface area contributed by atoms with E-state index in [1.54, 1.807) is 0 Å². The zero-order valence-corrected chi connectivity index (χ0v) is 14.2. The Hall–Kier alpha value is -3.66. The fourth-order valence-electron chi connectivity index (χ4n) is 2.32. The van der Waals surface area contributed by atoms with Crippen molar-refractivity contribution >= 4 is 17.3 Å². The van der Waals surface area contributed by atoms with Crippen molar-refractivity contribution in [3.8, 4) is 18.1 Å². The van der Waals surface area contributed by atoms with Gasteiger partial charge in [0.25, 0.3) is 0 Å². The van der Waals surface area contributed by atoms with Crippen LogP contribution in [0.5, 0.6) is 12.0 Å². The Balaban J connectivity index is 2.11. The quantitative estimate of drug-likeness (QED) is 0.645.